The largest absolute Gasteiger partial charge is 0.493 e. The van der Waals surface area contributed by atoms with E-state index in [1.807, 2.05) is 43.3 Å². The lowest BCUT2D eigenvalue weighted by atomic mass is 10.1. The number of nitrogens with zero attached hydrogens (tertiary/aromatic N) is 3. The Morgan fingerprint density at radius 1 is 0.969 bits per heavy atom. The summed E-state index contributed by atoms with van der Waals surface area (Å²) >= 11 is 0. The highest BCUT2D eigenvalue weighted by atomic mass is 19.1. The SMILES string of the molecule is CCOc1ccccc1-c1noc(-c2cn(-c3cccc(F)c3)c(=O)c3ccccc23)n1. The molecule has 5 rings (SSSR count). The Morgan fingerprint density at radius 3 is 2.56 bits per heavy atom. The monoisotopic (exact) mass is 427 g/mol. The van der Waals surface area contributed by atoms with E-state index in [0.29, 0.717) is 45.8 Å². The van der Waals surface area contributed by atoms with Crippen LogP contribution in [0, 0.1) is 5.82 Å². The second-order valence-electron chi connectivity index (χ2n) is 7.10. The fourth-order valence-electron chi connectivity index (χ4n) is 3.65. The molecule has 6 nitrogen and oxygen atoms in total. The van der Waals surface area contributed by atoms with Gasteiger partial charge in [-0.15, -0.1) is 0 Å². The number of aromatic nitrogens is 3. The molecule has 0 aliphatic rings. The van der Waals surface area contributed by atoms with Gasteiger partial charge in [-0.25, -0.2) is 4.39 Å². The lowest BCUT2D eigenvalue weighted by molar-refractivity contribution is 0.341. The average Bonchev–Trinajstić information content (AvgIpc) is 3.30. The smallest absolute Gasteiger partial charge is 0.262 e. The van der Waals surface area contributed by atoms with E-state index in [0.717, 1.165) is 0 Å². The first-order valence-electron chi connectivity index (χ1n) is 10.1. The minimum atomic E-state index is -0.434. The highest BCUT2D eigenvalue weighted by Gasteiger charge is 2.19. The van der Waals surface area contributed by atoms with Gasteiger partial charge in [-0.05, 0) is 43.3 Å². The zero-order valence-electron chi connectivity index (χ0n) is 17.2. The van der Waals surface area contributed by atoms with E-state index in [2.05, 4.69) is 10.1 Å². The highest BCUT2D eigenvalue weighted by molar-refractivity contribution is 5.94. The summed E-state index contributed by atoms with van der Waals surface area (Å²) in [5.41, 5.74) is 1.41. The molecule has 0 fully saturated rings. The topological polar surface area (TPSA) is 70.2 Å². The lowest BCUT2D eigenvalue weighted by Gasteiger charge is -2.10. The summed E-state index contributed by atoms with van der Waals surface area (Å²) < 4.78 is 26.5. The van der Waals surface area contributed by atoms with Crippen molar-refractivity contribution in [1.29, 1.82) is 0 Å². The normalized spacial score (nSPS) is 11.1. The fraction of sp³-hybridized carbons (Fsp3) is 0.0800. The third-order valence-electron chi connectivity index (χ3n) is 5.10. The van der Waals surface area contributed by atoms with E-state index < -0.39 is 5.82 Å². The second-order valence-corrected chi connectivity index (χ2v) is 7.10. The molecule has 0 atom stereocenters. The first-order chi connectivity index (χ1) is 15.7. The molecule has 0 aliphatic heterocycles. The van der Waals surface area contributed by atoms with Crippen molar-refractivity contribution < 1.29 is 13.7 Å². The van der Waals surface area contributed by atoms with Crippen LogP contribution in [0.15, 0.2) is 88.3 Å². The molecule has 2 heterocycles. The van der Waals surface area contributed by atoms with Crippen LogP contribution < -0.4 is 10.3 Å². The first kappa shape index (κ1) is 19.7. The average molecular weight is 427 g/mol. The Balaban J connectivity index is 1.71. The number of halogens is 1. The van der Waals surface area contributed by atoms with Gasteiger partial charge in [0.1, 0.15) is 11.6 Å². The molecule has 158 valence electrons. The Bertz CT molecular complexity index is 1490. The molecule has 0 bridgehead atoms. The van der Waals surface area contributed by atoms with Crippen LogP contribution in [-0.4, -0.2) is 21.3 Å². The minimum Gasteiger partial charge on any atom is -0.493 e. The van der Waals surface area contributed by atoms with E-state index in [1.165, 1.54) is 16.7 Å². The number of ether oxygens (including phenoxy) is 1. The summed E-state index contributed by atoms with van der Waals surface area (Å²) in [6, 6.07) is 20.4. The standard InChI is InChI=1S/C25H18FN3O3/c1-2-31-22-13-6-5-12-20(22)23-27-24(32-28-23)21-15-29(17-9-7-8-16(26)14-17)25(30)19-11-4-3-10-18(19)21/h3-15H,2H2,1H3. The highest BCUT2D eigenvalue weighted by Crippen LogP contribution is 2.32. The number of benzene rings is 3. The van der Waals surface area contributed by atoms with Gasteiger partial charge in [-0.2, -0.15) is 4.98 Å². The van der Waals surface area contributed by atoms with Crippen molar-refractivity contribution in [2.75, 3.05) is 6.61 Å². The molecule has 0 amide bonds. The van der Waals surface area contributed by atoms with Gasteiger partial charge in [-0.1, -0.05) is 41.6 Å². The van der Waals surface area contributed by atoms with Gasteiger partial charge in [0.15, 0.2) is 0 Å². The fourth-order valence-corrected chi connectivity index (χ4v) is 3.65. The van der Waals surface area contributed by atoms with Crippen LogP contribution in [0.1, 0.15) is 6.92 Å². The van der Waals surface area contributed by atoms with E-state index in [1.54, 1.807) is 30.5 Å². The molecule has 2 aromatic heterocycles. The Kier molecular flexibility index (Phi) is 4.99. The van der Waals surface area contributed by atoms with Gasteiger partial charge < -0.3 is 9.26 Å². The molecule has 0 radical (unpaired) electrons. The molecular formula is C25H18FN3O3. The first-order valence-corrected chi connectivity index (χ1v) is 10.1. The Morgan fingerprint density at radius 2 is 1.75 bits per heavy atom. The molecule has 0 N–H and O–H groups in total. The zero-order chi connectivity index (χ0) is 22.1. The summed E-state index contributed by atoms with van der Waals surface area (Å²) in [5, 5.41) is 5.27. The number of pyridine rings is 1. The van der Waals surface area contributed by atoms with Crippen LogP contribution in [0.25, 0.3) is 39.3 Å². The lowest BCUT2D eigenvalue weighted by Crippen LogP contribution is -2.18. The van der Waals surface area contributed by atoms with E-state index >= 15 is 0 Å². The van der Waals surface area contributed by atoms with Crippen molar-refractivity contribution in [3.05, 3.63) is 95.2 Å². The number of rotatable bonds is 5. The van der Waals surface area contributed by atoms with Crippen LogP contribution in [0.4, 0.5) is 4.39 Å². The van der Waals surface area contributed by atoms with Gasteiger partial charge >= 0.3 is 0 Å². The quantitative estimate of drug-likeness (QED) is 0.383. The van der Waals surface area contributed by atoms with Crippen molar-refractivity contribution in [2.45, 2.75) is 6.92 Å². The molecule has 3 aromatic carbocycles. The van der Waals surface area contributed by atoms with Crippen molar-refractivity contribution in [3.63, 3.8) is 0 Å². The summed E-state index contributed by atoms with van der Waals surface area (Å²) in [6.45, 7) is 2.41. The van der Waals surface area contributed by atoms with Crippen LogP contribution in [-0.2, 0) is 0 Å². The van der Waals surface area contributed by atoms with Crippen molar-refractivity contribution in [1.82, 2.24) is 14.7 Å². The van der Waals surface area contributed by atoms with Crippen LogP contribution in [0.5, 0.6) is 5.75 Å². The molecule has 0 saturated heterocycles. The molecular weight excluding hydrogens is 409 g/mol. The maximum Gasteiger partial charge on any atom is 0.262 e. The van der Waals surface area contributed by atoms with Gasteiger partial charge in [0.2, 0.25) is 5.82 Å². The Hall–Kier alpha value is -4.26. The van der Waals surface area contributed by atoms with Crippen molar-refractivity contribution in [3.8, 4) is 34.3 Å². The van der Waals surface area contributed by atoms with E-state index in [4.69, 9.17) is 9.26 Å². The van der Waals surface area contributed by atoms with Crippen LogP contribution >= 0.6 is 0 Å². The molecule has 7 heteroatoms. The summed E-state index contributed by atoms with van der Waals surface area (Å²) in [5.74, 6) is 0.831. The third kappa shape index (κ3) is 3.43. The molecule has 0 unspecified atom stereocenters. The number of hydrogen-bond donors (Lipinski definition) is 0. The maximum absolute atomic E-state index is 13.8. The van der Waals surface area contributed by atoms with E-state index in [9.17, 15) is 9.18 Å². The van der Waals surface area contributed by atoms with Crippen molar-refractivity contribution >= 4 is 10.8 Å². The predicted molar refractivity (Wildman–Crippen MR) is 119 cm³/mol. The van der Waals surface area contributed by atoms with Gasteiger partial charge in [0.25, 0.3) is 11.4 Å². The summed E-state index contributed by atoms with van der Waals surface area (Å²) in [4.78, 5) is 17.7. The van der Waals surface area contributed by atoms with Crippen LogP contribution in [0.3, 0.4) is 0 Å². The van der Waals surface area contributed by atoms with E-state index in [-0.39, 0.29) is 11.4 Å². The predicted octanol–water partition coefficient (Wildman–Crippen LogP) is 5.25. The van der Waals surface area contributed by atoms with Gasteiger partial charge in [-0.3, -0.25) is 9.36 Å². The summed E-state index contributed by atoms with van der Waals surface area (Å²) in [6.07, 6.45) is 1.60. The second kappa shape index (κ2) is 8.11. The number of para-hydroxylation sites is 1. The van der Waals surface area contributed by atoms with Crippen LogP contribution in [0.2, 0.25) is 0 Å². The molecule has 5 aromatic rings. The number of hydrogen-bond acceptors (Lipinski definition) is 5. The van der Waals surface area contributed by atoms with Crippen molar-refractivity contribution in [2.24, 2.45) is 0 Å². The Labute approximate surface area is 182 Å². The molecule has 0 aliphatic carbocycles. The molecule has 32 heavy (non-hydrogen) atoms. The zero-order valence-corrected chi connectivity index (χ0v) is 17.2. The molecule has 0 saturated carbocycles. The third-order valence-corrected chi connectivity index (χ3v) is 5.10. The summed E-state index contributed by atoms with van der Waals surface area (Å²) in [7, 11) is 0. The maximum atomic E-state index is 13.8. The molecule has 0 spiro atoms. The van der Waals surface area contributed by atoms with Gasteiger partial charge in [0.05, 0.1) is 23.4 Å². The van der Waals surface area contributed by atoms with Gasteiger partial charge in [0, 0.05) is 17.0 Å². The number of fused-ring (bicyclic) bond motifs is 1. The minimum absolute atomic E-state index is 0.243.